The van der Waals surface area contributed by atoms with Crippen LogP contribution in [0.3, 0.4) is 0 Å². The minimum absolute atomic E-state index is 0.0821. The first-order valence-electron chi connectivity index (χ1n) is 6.02. The highest BCUT2D eigenvalue weighted by molar-refractivity contribution is 6.32. The quantitative estimate of drug-likeness (QED) is 0.315. The smallest absolute Gasteiger partial charge is 0.323 e. The number of hydrogen-bond acceptors (Lipinski definition) is 1. The zero-order valence-electron chi connectivity index (χ0n) is 9.10. The fraction of sp³-hybridized carbons (Fsp3) is 0.833. The van der Waals surface area contributed by atoms with Crippen LogP contribution in [0.2, 0.25) is 0 Å². The first-order valence-corrected chi connectivity index (χ1v) is 6.40. The molecule has 4 aliphatic rings. The third kappa shape index (κ3) is 1.38. The molecule has 4 rings (SSSR count). The Hall–Kier alpha value is -0.660. The minimum Gasteiger partial charge on any atom is -0.361 e. The van der Waals surface area contributed by atoms with E-state index in [9.17, 15) is 4.79 Å². The fourth-order valence-electron chi connectivity index (χ4n) is 4.57. The van der Waals surface area contributed by atoms with Gasteiger partial charge in [-0.25, -0.2) is 0 Å². The number of Topliss-reactive ketones (excluding diaryl/α,β-unsaturated/α-hetero) is 1. The predicted octanol–water partition coefficient (Wildman–Crippen LogP) is 2.29. The lowest BCUT2D eigenvalue weighted by molar-refractivity contribution is -0.129. The highest BCUT2D eigenvalue weighted by Gasteiger charge is 2.58. The monoisotopic (exact) mass is 238 g/mol. The van der Waals surface area contributed by atoms with E-state index in [1.807, 2.05) is 0 Å². The second kappa shape index (κ2) is 3.41. The maximum Gasteiger partial charge on any atom is 0.323 e. The number of rotatable bonds is 2. The molecule has 16 heavy (non-hydrogen) atoms. The van der Waals surface area contributed by atoms with Gasteiger partial charge in [-0.05, 0) is 49.9 Å². The molecule has 0 N–H and O–H groups in total. The van der Waals surface area contributed by atoms with Crippen molar-refractivity contribution in [1.29, 1.82) is 0 Å². The third-order valence-electron chi connectivity index (χ3n) is 4.72. The number of ketones is 1. The van der Waals surface area contributed by atoms with Crippen molar-refractivity contribution in [1.82, 2.24) is 0 Å². The molecule has 0 amide bonds. The Kier molecular flexibility index (Phi) is 2.24. The molecule has 3 nitrogen and oxygen atoms in total. The van der Waals surface area contributed by atoms with E-state index in [0.29, 0.717) is 5.92 Å². The lowest BCUT2D eigenvalue weighted by Crippen LogP contribution is -2.56. The molecule has 0 aromatic rings. The molecule has 3 atom stereocenters. The van der Waals surface area contributed by atoms with Crippen LogP contribution in [-0.2, 0) is 4.79 Å². The van der Waals surface area contributed by atoms with Crippen LogP contribution in [0, 0.1) is 23.7 Å². The summed E-state index contributed by atoms with van der Waals surface area (Å²) in [7, 11) is 0. The molecule has 4 fully saturated rings. The Morgan fingerprint density at radius 2 is 1.94 bits per heavy atom. The van der Waals surface area contributed by atoms with Crippen molar-refractivity contribution in [2.24, 2.45) is 23.7 Å². The Morgan fingerprint density at radius 1 is 1.31 bits per heavy atom. The number of halogens is 1. The molecule has 0 aliphatic heterocycles. The van der Waals surface area contributed by atoms with Gasteiger partial charge < -0.3 is 5.53 Å². The molecule has 4 aliphatic carbocycles. The lowest BCUT2D eigenvalue weighted by atomic mass is 9.50. The van der Waals surface area contributed by atoms with Crippen molar-refractivity contribution in [3.8, 4) is 0 Å². The normalized spacial score (nSPS) is 48.8. The summed E-state index contributed by atoms with van der Waals surface area (Å²) >= 11 is 6.66. The zero-order chi connectivity index (χ0) is 11.3. The van der Waals surface area contributed by atoms with Crippen LogP contribution in [0.5, 0.6) is 0 Å². The topological polar surface area (TPSA) is 53.5 Å². The molecule has 0 aromatic heterocycles. The van der Waals surface area contributed by atoms with Gasteiger partial charge in [0.05, 0.1) is 10.8 Å². The minimum atomic E-state index is -0.340. The number of carbonyl (C=O) groups is 1. The van der Waals surface area contributed by atoms with Crippen molar-refractivity contribution in [3.05, 3.63) is 5.53 Å². The van der Waals surface area contributed by atoms with Crippen LogP contribution < -0.4 is 0 Å². The summed E-state index contributed by atoms with van der Waals surface area (Å²) in [5.74, 6) is 1.68. The van der Waals surface area contributed by atoms with Crippen molar-refractivity contribution in [2.45, 2.75) is 37.0 Å². The first kappa shape index (κ1) is 10.5. The van der Waals surface area contributed by atoms with Crippen LogP contribution in [0.1, 0.15) is 32.1 Å². The molecule has 0 saturated heterocycles. The van der Waals surface area contributed by atoms with Crippen molar-refractivity contribution < 1.29 is 9.58 Å². The maximum absolute atomic E-state index is 11.9. The van der Waals surface area contributed by atoms with Gasteiger partial charge in [0.15, 0.2) is 0 Å². The predicted molar refractivity (Wildman–Crippen MR) is 60.3 cm³/mol. The van der Waals surface area contributed by atoms with Gasteiger partial charge >= 0.3 is 6.21 Å². The van der Waals surface area contributed by atoms with Gasteiger partial charge in [0.2, 0.25) is 5.78 Å². The first-order chi connectivity index (χ1) is 7.62. The van der Waals surface area contributed by atoms with Crippen molar-refractivity contribution in [2.75, 3.05) is 0 Å². The molecule has 0 heterocycles. The molecule has 0 spiro atoms. The van der Waals surface area contributed by atoms with Crippen molar-refractivity contribution in [3.63, 3.8) is 0 Å². The average Bonchev–Trinajstić information content (AvgIpc) is 2.14. The molecule has 4 saturated carbocycles. The van der Waals surface area contributed by atoms with E-state index in [1.165, 1.54) is 6.42 Å². The summed E-state index contributed by atoms with van der Waals surface area (Å²) < 4.78 is 0. The Labute approximate surface area is 99.8 Å². The molecule has 3 unspecified atom stereocenters. The van der Waals surface area contributed by atoms with E-state index in [-0.39, 0.29) is 16.6 Å². The Bertz CT molecular complexity index is 374. The molecule has 4 bridgehead atoms. The molecular weight excluding hydrogens is 224 g/mol. The van der Waals surface area contributed by atoms with Gasteiger partial charge in [-0.2, -0.15) is 4.79 Å². The van der Waals surface area contributed by atoms with Crippen LogP contribution in [0.4, 0.5) is 0 Å². The molecular formula is C12H15ClN2O. The summed E-state index contributed by atoms with van der Waals surface area (Å²) in [6, 6.07) is 0. The van der Waals surface area contributed by atoms with Gasteiger partial charge in [0.1, 0.15) is 0 Å². The number of nitrogens with zero attached hydrogens (tertiary/aromatic N) is 2. The second-order valence-corrected chi connectivity index (χ2v) is 6.52. The number of carbonyl (C=O) groups excluding carboxylic acids is 1. The Morgan fingerprint density at radius 3 is 2.44 bits per heavy atom. The average molecular weight is 239 g/mol. The summed E-state index contributed by atoms with van der Waals surface area (Å²) in [4.78, 5) is 14.5. The highest BCUT2D eigenvalue weighted by atomic mass is 35.5. The van der Waals surface area contributed by atoms with Gasteiger partial charge in [-0.1, -0.05) is 0 Å². The fourth-order valence-corrected chi connectivity index (χ4v) is 5.29. The van der Waals surface area contributed by atoms with Crippen LogP contribution in [-0.4, -0.2) is 21.7 Å². The van der Waals surface area contributed by atoms with Gasteiger partial charge in [-0.15, -0.1) is 11.6 Å². The van der Waals surface area contributed by atoms with E-state index >= 15 is 0 Å². The summed E-state index contributed by atoms with van der Waals surface area (Å²) in [6.45, 7) is 0. The van der Waals surface area contributed by atoms with E-state index < -0.39 is 0 Å². The van der Waals surface area contributed by atoms with E-state index in [0.717, 1.165) is 43.7 Å². The SMILES string of the molecule is [N-]=[N+]=CC(=O)C1C2CC3CC(C2)CC1(Cl)C3. The van der Waals surface area contributed by atoms with E-state index in [1.54, 1.807) is 0 Å². The Balaban J connectivity index is 1.94. The highest BCUT2D eigenvalue weighted by Crippen LogP contribution is 2.61. The van der Waals surface area contributed by atoms with Gasteiger partial charge in [0.25, 0.3) is 0 Å². The largest absolute Gasteiger partial charge is 0.361 e. The number of hydrogen-bond donors (Lipinski definition) is 0. The third-order valence-corrected chi connectivity index (χ3v) is 5.26. The maximum atomic E-state index is 11.9. The molecule has 86 valence electrons. The van der Waals surface area contributed by atoms with Crippen LogP contribution >= 0.6 is 11.6 Å². The van der Waals surface area contributed by atoms with E-state index in [4.69, 9.17) is 17.1 Å². The summed E-state index contributed by atoms with van der Waals surface area (Å²) in [5, 5.41) is 0. The van der Waals surface area contributed by atoms with Gasteiger partial charge in [0, 0.05) is 0 Å². The molecule has 4 heteroatoms. The molecule has 0 aromatic carbocycles. The summed E-state index contributed by atoms with van der Waals surface area (Å²) in [6.07, 6.45) is 6.56. The lowest BCUT2D eigenvalue weighted by Gasteiger charge is -2.57. The zero-order valence-corrected chi connectivity index (χ0v) is 9.86. The summed E-state index contributed by atoms with van der Waals surface area (Å²) in [5.41, 5.74) is 8.48. The number of alkyl halides is 1. The van der Waals surface area contributed by atoms with Gasteiger partial charge in [-0.3, -0.25) is 4.79 Å². The van der Waals surface area contributed by atoms with Crippen LogP contribution in [0.15, 0.2) is 0 Å². The second-order valence-electron chi connectivity index (χ2n) is 5.77. The van der Waals surface area contributed by atoms with E-state index in [2.05, 4.69) is 4.79 Å². The molecule has 0 radical (unpaired) electrons. The van der Waals surface area contributed by atoms with Crippen molar-refractivity contribution >= 4 is 23.6 Å². The van der Waals surface area contributed by atoms with Crippen LogP contribution in [0.25, 0.3) is 5.53 Å². The standard InChI is InChI=1S/C12H15ClN2O/c13-12-4-7-1-8(5-12)3-9(2-7)11(12)10(16)6-15-14/h6-9,11H,1-5H2.